The molecule has 19 heavy (non-hydrogen) atoms. The number of carbonyl (C=O) groups is 1. The van der Waals surface area contributed by atoms with Crippen LogP contribution in [0.4, 0.5) is 16.2 Å². The summed E-state index contributed by atoms with van der Waals surface area (Å²) in [6.45, 7) is 0. The van der Waals surface area contributed by atoms with E-state index in [1.807, 2.05) is 18.2 Å². The summed E-state index contributed by atoms with van der Waals surface area (Å²) in [6, 6.07) is 12.7. The Labute approximate surface area is 110 Å². The molecule has 0 bridgehead atoms. The van der Waals surface area contributed by atoms with Crippen LogP contribution < -0.4 is 10.2 Å². The molecule has 0 aromatic heterocycles. The van der Waals surface area contributed by atoms with Crippen molar-refractivity contribution in [1.29, 1.82) is 0 Å². The van der Waals surface area contributed by atoms with Crippen molar-refractivity contribution in [3.8, 4) is 11.5 Å². The molecule has 0 aliphatic carbocycles. The van der Waals surface area contributed by atoms with Gasteiger partial charge >= 0.3 is 6.03 Å². The van der Waals surface area contributed by atoms with E-state index in [1.165, 1.54) is 23.1 Å². The fraction of sp³-hybridized carbons (Fsp3) is 0.0714. The van der Waals surface area contributed by atoms with Gasteiger partial charge in [0.1, 0.15) is 11.5 Å². The number of hydrogen-bond acceptors (Lipinski definition) is 3. The zero-order valence-corrected chi connectivity index (χ0v) is 10.4. The van der Waals surface area contributed by atoms with Crippen molar-refractivity contribution < 1.29 is 15.0 Å². The smallest absolute Gasteiger partial charge is 0.326 e. The van der Waals surface area contributed by atoms with E-state index in [-0.39, 0.29) is 17.5 Å². The zero-order valence-electron chi connectivity index (χ0n) is 10.4. The maximum atomic E-state index is 12.0. The number of amides is 2. The van der Waals surface area contributed by atoms with Gasteiger partial charge in [0.15, 0.2) is 0 Å². The van der Waals surface area contributed by atoms with Crippen molar-refractivity contribution in [2.75, 3.05) is 17.3 Å². The van der Waals surface area contributed by atoms with E-state index in [0.717, 1.165) is 5.69 Å². The lowest BCUT2D eigenvalue weighted by Crippen LogP contribution is -2.31. The first-order valence-electron chi connectivity index (χ1n) is 5.69. The number of nitrogens with zero attached hydrogens (tertiary/aromatic N) is 1. The van der Waals surface area contributed by atoms with Crippen molar-refractivity contribution in [1.82, 2.24) is 0 Å². The Balaban J connectivity index is 2.13. The summed E-state index contributed by atoms with van der Waals surface area (Å²) in [6.07, 6.45) is 0. The first-order chi connectivity index (χ1) is 9.06. The Morgan fingerprint density at radius 1 is 1.05 bits per heavy atom. The largest absolute Gasteiger partial charge is 0.508 e. The van der Waals surface area contributed by atoms with Crippen molar-refractivity contribution in [3.05, 3.63) is 48.5 Å². The minimum atomic E-state index is -0.365. The van der Waals surface area contributed by atoms with Crippen molar-refractivity contribution >= 4 is 17.4 Å². The third-order valence-corrected chi connectivity index (χ3v) is 2.60. The molecule has 2 aromatic rings. The second-order valence-corrected chi connectivity index (χ2v) is 4.06. The number of phenols is 2. The lowest BCUT2D eigenvalue weighted by atomic mass is 10.3. The molecule has 0 aliphatic heterocycles. The number of anilines is 2. The van der Waals surface area contributed by atoms with Crippen LogP contribution in [-0.2, 0) is 0 Å². The average Bonchev–Trinajstić information content (AvgIpc) is 2.37. The number of benzene rings is 2. The number of urea groups is 1. The fourth-order valence-corrected chi connectivity index (χ4v) is 1.64. The van der Waals surface area contributed by atoms with E-state index in [2.05, 4.69) is 5.32 Å². The molecular weight excluding hydrogens is 244 g/mol. The second-order valence-electron chi connectivity index (χ2n) is 4.06. The van der Waals surface area contributed by atoms with Crippen molar-refractivity contribution in [2.24, 2.45) is 0 Å². The summed E-state index contributed by atoms with van der Waals surface area (Å²) in [4.78, 5) is 13.4. The highest BCUT2D eigenvalue weighted by molar-refractivity contribution is 6.01. The Morgan fingerprint density at radius 2 is 1.63 bits per heavy atom. The minimum Gasteiger partial charge on any atom is -0.508 e. The summed E-state index contributed by atoms with van der Waals surface area (Å²) in [5, 5.41) is 21.3. The Kier molecular flexibility index (Phi) is 3.56. The molecule has 0 fully saturated rings. The maximum Gasteiger partial charge on any atom is 0.326 e. The SMILES string of the molecule is CN(C(=O)Nc1cc(O)cc(O)c1)c1ccccc1. The molecule has 2 rings (SSSR count). The Bertz CT molecular complexity index is 564. The van der Waals surface area contributed by atoms with Crippen LogP contribution in [0.25, 0.3) is 0 Å². The van der Waals surface area contributed by atoms with Crippen molar-refractivity contribution in [2.45, 2.75) is 0 Å². The van der Waals surface area contributed by atoms with Crippen LogP contribution in [0.5, 0.6) is 11.5 Å². The molecule has 0 radical (unpaired) electrons. The number of rotatable bonds is 2. The molecule has 0 saturated heterocycles. The predicted molar refractivity (Wildman–Crippen MR) is 73.6 cm³/mol. The second kappa shape index (κ2) is 5.30. The molecule has 2 aromatic carbocycles. The Hall–Kier alpha value is -2.69. The topological polar surface area (TPSA) is 72.8 Å². The van der Waals surface area contributed by atoms with E-state index >= 15 is 0 Å². The summed E-state index contributed by atoms with van der Waals surface area (Å²) in [7, 11) is 1.63. The van der Waals surface area contributed by atoms with E-state index in [9.17, 15) is 15.0 Å². The zero-order chi connectivity index (χ0) is 13.8. The Morgan fingerprint density at radius 3 is 2.21 bits per heavy atom. The van der Waals surface area contributed by atoms with E-state index in [0.29, 0.717) is 5.69 Å². The standard InChI is InChI=1S/C14H14N2O3/c1-16(11-5-3-2-4-6-11)14(19)15-10-7-12(17)9-13(18)8-10/h2-9,17-18H,1H3,(H,15,19). The molecule has 0 spiro atoms. The van der Waals surface area contributed by atoms with E-state index in [1.54, 1.807) is 19.2 Å². The van der Waals surface area contributed by atoms with Gasteiger partial charge in [0.2, 0.25) is 0 Å². The number of carbonyl (C=O) groups excluding carboxylic acids is 1. The summed E-state index contributed by atoms with van der Waals surface area (Å²) < 4.78 is 0. The number of para-hydroxylation sites is 1. The highest BCUT2D eigenvalue weighted by Gasteiger charge is 2.11. The number of hydrogen-bond donors (Lipinski definition) is 3. The molecular formula is C14H14N2O3. The van der Waals surface area contributed by atoms with Gasteiger partial charge in [-0.25, -0.2) is 4.79 Å². The summed E-state index contributed by atoms with van der Waals surface area (Å²) in [5.74, 6) is -0.227. The molecule has 2 amide bonds. The van der Waals surface area contributed by atoms with Crippen LogP contribution in [-0.4, -0.2) is 23.3 Å². The molecule has 0 atom stereocenters. The highest BCUT2D eigenvalue weighted by atomic mass is 16.3. The van der Waals surface area contributed by atoms with E-state index < -0.39 is 0 Å². The highest BCUT2D eigenvalue weighted by Crippen LogP contribution is 2.24. The predicted octanol–water partition coefficient (Wildman–Crippen LogP) is 2.77. The van der Waals surface area contributed by atoms with Gasteiger partial charge in [-0.05, 0) is 12.1 Å². The third-order valence-electron chi connectivity index (χ3n) is 2.60. The van der Waals surface area contributed by atoms with Gasteiger partial charge in [-0.2, -0.15) is 0 Å². The van der Waals surface area contributed by atoms with Gasteiger partial charge in [0.25, 0.3) is 0 Å². The lowest BCUT2D eigenvalue weighted by Gasteiger charge is -2.18. The van der Waals surface area contributed by atoms with Gasteiger partial charge in [0.05, 0.1) is 0 Å². The van der Waals surface area contributed by atoms with Crippen LogP contribution >= 0.6 is 0 Å². The monoisotopic (exact) mass is 258 g/mol. The molecule has 3 N–H and O–H groups in total. The molecule has 5 nitrogen and oxygen atoms in total. The molecule has 0 heterocycles. The van der Waals surface area contributed by atoms with Gasteiger partial charge in [0, 0.05) is 36.6 Å². The maximum absolute atomic E-state index is 12.0. The van der Waals surface area contributed by atoms with Crippen molar-refractivity contribution in [3.63, 3.8) is 0 Å². The number of aromatic hydroxyl groups is 2. The number of phenolic OH excluding ortho intramolecular Hbond substituents is 2. The molecule has 0 saturated carbocycles. The summed E-state index contributed by atoms with van der Waals surface area (Å²) in [5.41, 5.74) is 1.06. The molecule has 98 valence electrons. The quantitative estimate of drug-likeness (QED) is 0.775. The average molecular weight is 258 g/mol. The third kappa shape index (κ3) is 3.16. The molecule has 0 unspecified atom stereocenters. The van der Waals surface area contributed by atoms with Crippen LogP contribution in [0.15, 0.2) is 48.5 Å². The summed E-state index contributed by atoms with van der Waals surface area (Å²) >= 11 is 0. The van der Waals surface area contributed by atoms with Crippen LogP contribution in [0.1, 0.15) is 0 Å². The first kappa shape index (κ1) is 12.8. The van der Waals surface area contributed by atoms with Gasteiger partial charge in [-0.3, -0.25) is 4.90 Å². The first-order valence-corrected chi connectivity index (χ1v) is 5.69. The van der Waals surface area contributed by atoms with Gasteiger partial charge in [-0.1, -0.05) is 18.2 Å². The molecule has 5 heteroatoms. The lowest BCUT2D eigenvalue weighted by molar-refractivity contribution is 0.258. The minimum absolute atomic E-state index is 0.113. The van der Waals surface area contributed by atoms with Crippen LogP contribution in [0, 0.1) is 0 Å². The van der Waals surface area contributed by atoms with Gasteiger partial charge in [-0.15, -0.1) is 0 Å². The van der Waals surface area contributed by atoms with E-state index in [4.69, 9.17) is 0 Å². The van der Waals surface area contributed by atoms with Crippen LogP contribution in [0.3, 0.4) is 0 Å². The number of nitrogens with one attached hydrogen (secondary N) is 1. The fourth-order valence-electron chi connectivity index (χ4n) is 1.64. The van der Waals surface area contributed by atoms with Crippen LogP contribution in [0.2, 0.25) is 0 Å². The molecule has 0 aliphatic rings. The van der Waals surface area contributed by atoms with Gasteiger partial charge < -0.3 is 15.5 Å². The normalized spacial score (nSPS) is 9.95.